The van der Waals surface area contributed by atoms with Crippen molar-refractivity contribution in [3.8, 4) is 0 Å². The average molecular weight is 300 g/mol. The van der Waals surface area contributed by atoms with Crippen molar-refractivity contribution in [2.45, 2.75) is 10.3 Å². The van der Waals surface area contributed by atoms with Gasteiger partial charge in [-0.1, -0.05) is 52.5 Å². The van der Waals surface area contributed by atoms with Crippen molar-refractivity contribution in [1.29, 1.82) is 0 Å². The lowest BCUT2D eigenvalue weighted by molar-refractivity contribution is -0.138. The molecule has 0 unspecified atom stereocenters. The Hall–Kier alpha value is -0.150. The summed E-state index contributed by atoms with van der Waals surface area (Å²) in [6, 6.07) is 4.87. The second-order valence-corrected chi connectivity index (χ2v) is 5.90. The van der Waals surface area contributed by atoms with Gasteiger partial charge in [0.2, 0.25) is 0 Å². The minimum atomic E-state index is -1.26. The number of halogens is 4. The number of benzene rings is 1. The van der Waals surface area contributed by atoms with E-state index < -0.39 is 22.1 Å². The molecule has 1 aliphatic rings. The zero-order valence-electron chi connectivity index (χ0n) is 7.75. The van der Waals surface area contributed by atoms with E-state index in [-0.39, 0.29) is 0 Å². The van der Waals surface area contributed by atoms with Crippen molar-refractivity contribution in [3.63, 3.8) is 0 Å². The first-order chi connectivity index (χ1) is 7.35. The first kappa shape index (κ1) is 12.3. The van der Waals surface area contributed by atoms with Crippen LogP contribution in [0.2, 0.25) is 10.0 Å². The highest BCUT2D eigenvalue weighted by Gasteiger charge is 2.68. The van der Waals surface area contributed by atoms with Crippen LogP contribution in [-0.2, 0) is 4.79 Å². The summed E-state index contributed by atoms with van der Waals surface area (Å²) in [5.41, 5.74) is 0.687. The number of aliphatic carboxylic acids is 1. The van der Waals surface area contributed by atoms with Crippen molar-refractivity contribution in [1.82, 2.24) is 0 Å². The Morgan fingerprint density at radius 3 is 2.31 bits per heavy atom. The fraction of sp³-hybridized carbons (Fsp3) is 0.300. The third-order valence-electron chi connectivity index (χ3n) is 2.62. The van der Waals surface area contributed by atoms with Gasteiger partial charge in [-0.15, -0.1) is 0 Å². The largest absolute Gasteiger partial charge is 0.481 e. The van der Waals surface area contributed by atoms with Crippen LogP contribution in [0.4, 0.5) is 0 Å². The zero-order valence-corrected chi connectivity index (χ0v) is 10.8. The predicted octanol–water partition coefficient (Wildman–Crippen LogP) is 3.97. The maximum atomic E-state index is 10.9. The fourth-order valence-corrected chi connectivity index (χ4v) is 2.88. The SMILES string of the molecule is O=C(O)[C@H]1[C@H](c2ccc(Cl)c(Cl)c2)C1(Cl)Cl. The van der Waals surface area contributed by atoms with Crippen molar-refractivity contribution >= 4 is 52.4 Å². The van der Waals surface area contributed by atoms with E-state index in [1.165, 1.54) is 0 Å². The predicted molar refractivity (Wildman–Crippen MR) is 64.8 cm³/mol. The van der Waals surface area contributed by atoms with Crippen molar-refractivity contribution in [2.24, 2.45) is 5.92 Å². The van der Waals surface area contributed by atoms with Crippen molar-refractivity contribution in [3.05, 3.63) is 33.8 Å². The lowest BCUT2D eigenvalue weighted by atomic mass is 10.1. The van der Waals surface area contributed by atoms with E-state index in [1.54, 1.807) is 18.2 Å². The van der Waals surface area contributed by atoms with Crippen LogP contribution in [-0.4, -0.2) is 15.4 Å². The Kier molecular flexibility index (Phi) is 3.04. The molecule has 6 heteroatoms. The Morgan fingerprint density at radius 2 is 1.88 bits per heavy atom. The summed E-state index contributed by atoms with van der Waals surface area (Å²) in [6.07, 6.45) is 0. The van der Waals surface area contributed by atoms with Gasteiger partial charge < -0.3 is 5.11 Å². The van der Waals surface area contributed by atoms with Crippen LogP contribution in [0, 0.1) is 5.92 Å². The Balaban J connectivity index is 2.33. The van der Waals surface area contributed by atoms with Crippen LogP contribution in [0.1, 0.15) is 11.5 Å². The standard InChI is InChI=1S/C10H6Cl4O2/c11-5-2-1-4(3-6(5)12)7-8(9(15)16)10(7,13)14/h1-3,7-8H,(H,15,16)/t7-,8+/m0/s1. The van der Waals surface area contributed by atoms with Gasteiger partial charge in [0, 0.05) is 5.92 Å². The molecule has 2 rings (SSSR count). The fourth-order valence-electron chi connectivity index (χ4n) is 1.75. The van der Waals surface area contributed by atoms with Crippen LogP contribution in [0.25, 0.3) is 0 Å². The van der Waals surface area contributed by atoms with E-state index in [9.17, 15) is 4.79 Å². The quantitative estimate of drug-likeness (QED) is 0.839. The molecule has 0 saturated heterocycles. The molecule has 1 N–H and O–H groups in total. The molecule has 1 aliphatic carbocycles. The zero-order chi connectivity index (χ0) is 12.1. The van der Waals surface area contributed by atoms with Crippen LogP contribution < -0.4 is 0 Å². The second kappa shape index (κ2) is 3.95. The van der Waals surface area contributed by atoms with E-state index in [4.69, 9.17) is 51.5 Å². The molecule has 0 aliphatic heterocycles. The molecular weight excluding hydrogens is 294 g/mol. The third-order valence-corrected chi connectivity index (χ3v) is 4.30. The maximum absolute atomic E-state index is 10.9. The van der Waals surface area contributed by atoms with Gasteiger partial charge in [0.25, 0.3) is 0 Å². The molecule has 0 heterocycles. The Labute approximate surface area is 112 Å². The summed E-state index contributed by atoms with van der Waals surface area (Å²) in [7, 11) is 0. The van der Waals surface area contributed by atoms with Crippen LogP contribution in [0.3, 0.4) is 0 Å². The monoisotopic (exact) mass is 298 g/mol. The minimum Gasteiger partial charge on any atom is -0.481 e. The summed E-state index contributed by atoms with van der Waals surface area (Å²) in [5.74, 6) is -2.25. The summed E-state index contributed by atoms with van der Waals surface area (Å²) in [6.45, 7) is 0. The molecule has 16 heavy (non-hydrogen) atoms. The van der Waals surface area contributed by atoms with Gasteiger partial charge in [-0.05, 0) is 17.7 Å². The molecule has 0 aromatic heterocycles. The van der Waals surface area contributed by atoms with Crippen LogP contribution in [0.15, 0.2) is 18.2 Å². The van der Waals surface area contributed by atoms with E-state index >= 15 is 0 Å². The van der Waals surface area contributed by atoms with Gasteiger partial charge in [0.05, 0.1) is 16.0 Å². The Bertz CT molecular complexity index is 458. The number of carbonyl (C=O) groups is 1. The minimum absolute atomic E-state index is 0.360. The molecule has 0 radical (unpaired) electrons. The van der Waals surface area contributed by atoms with Crippen LogP contribution >= 0.6 is 46.4 Å². The summed E-state index contributed by atoms with van der Waals surface area (Å²) in [5, 5.41) is 9.69. The van der Waals surface area contributed by atoms with Crippen molar-refractivity contribution < 1.29 is 9.90 Å². The van der Waals surface area contributed by atoms with Crippen LogP contribution in [0.5, 0.6) is 0 Å². The van der Waals surface area contributed by atoms with E-state index in [0.717, 1.165) is 0 Å². The number of rotatable bonds is 2. The molecule has 1 fully saturated rings. The normalized spacial score (nSPS) is 26.5. The lowest BCUT2D eigenvalue weighted by Crippen LogP contribution is -2.03. The number of alkyl halides is 2. The third kappa shape index (κ3) is 1.88. The molecular formula is C10H6Cl4O2. The molecule has 0 bridgehead atoms. The number of carboxylic acid groups (broad SMARTS) is 1. The summed E-state index contributed by atoms with van der Waals surface area (Å²) >= 11 is 23.4. The van der Waals surface area contributed by atoms with E-state index in [1.807, 2.05) is 0 Å². The number of hydrogen-bond donors (Lipinski definition) is 1. The highest BCUT2D eigenvalue weighted by molar-refractivity contribution is 6.53. The molecule has 1 aromatic rings. The molecule has 1 saturated carbocycles. The van der Waals surface area contributed by atoms with Gasteiger partial charge in [0.15, 0.2) is 0 Å². The lowest BCUT2D eigenvalue weighted by Gasteiger charge is -2.02. The molecule has 2 nitrogen and oxygen atoms in total. The molecule has 0 amide bonds. The van der Waals surface area contributed by atoms with Gasteiger partial charge in [-0.3, -0.25) is 4.79 Å². The van der Waals surface area contributed by atoms with Gasteiger partial charge in [0.1, 0.15) is 4.33 Å². The average Bonchev–Trinajstić information content (AvgIpc) is 2.74. The topological polar surface area (TPSA) is 37.3 Å². The molecule has 0 spiro atoms. The first-order valence-corrected chi connectivity index (χ1v) is 5.92. The van der Waals surface area contributed by atoms with Gasteiger partial charge in [-0.2, -0.15) is 0 Å². The first-order valence-electron chi connectivity index (χ1n) is 4.41. The van der Waals surface area contributed by atoms with E-state index in [0.29, 0.717) is 15.6 Å². The van der Waals surface area contributed by atoms with Crippen molar-refractivity contribution in [2.75, 3.05) is 0 Å². The highest BCUT2D eigenvalue weighted by atomic mass is 35.5. The highest BCUT2D eigenvalue weighted by Crippen LogP contribution is 2.65. The molecule has 2 atom stereocenters. The number of carboxylic acids is 1. The van der Waals surface area contributed by atoms with Gasteiger partial charge in [-0.25, -0.2) is 0 Å². The smallest absolute Gasteiger partial charge is 0.310 e. The van der Waals surface area contributed by atoms with Gasteiger partial charge >= 0.3 is 5.97 Å². The second-order valence-electron chi connectivity index (χ2n) is 3.64. The van der Waals surface area contributed by atoms with E-state index in [2.05, 4.69) is 0 Å². The summed E-state index contributed by atoms with van der Waals surface area (Å²) < 4.78 is -1.26. The summed E-state index contributed by atoms with van der Waals surface area (Å²) in [4.78, 5) is 10.9. The number of hydrogen-bond acceptors (Lipinski definition) is 1. The molecule has 1 aromatic carbocycles. The Morgan fingerprint density at radius 1 is 1.25 bits per heavy atom. The maximum Gasteiger partial charge on any atom is 0.310 e. The molecule has 86 valence electrons.